The Morgan fingerprint density at radius 2 is 2.40 bits per heavy atom. The minimum Gasteiger partial charge on any atom is -0.339 e. The maximum atomic E-state index is 12.5. The third-order valence-electron chi connectivity index (χ3n) is 5.01. The van der Waals surface area contributed by atoms with Crippen molar-refractivity contribution in [1.29, 1.82) is 0 Å². The molecule has 1 atom stereocenters. The number of amides is 1. The van der Waals surface area contributed by atoms with Crippen LogP contribution < -0.4 is 5.32 Å². The summed E-state index contributed by atoms with van der Waals surface area (Å²) in [6, 6.07) is 2.26. The smallest absolute Gasteiger partial charge is 0.227 e. The van der Waals surface area contributed by atoms with Crippen LogP contribution in [0.2, 0.25) is 0 Å². The van der Waals surface area contributed by atoms with Crippen molar-refractivity contribution in [2.45, 2.75) is 31.8 Å². The quantitative estimate of drug-likeness (QED) is 0.883. The van der Waals surface area contributed by atoms with Gasteiger partial charge < -0.3 is 14.7 Å². The van der Waals surface area contributed by atoms with E-state index in [-0.39, 0.29) is 11.9 Å². The molecule has 2 aliphatic rings. The van der Waals surface area contributed by atoms with Gasteiger partial charge in [-0.1, -0.05) is 5.16 Å². The maximum absolute atomic E-state index is 12.5. The van der Waals surface area contributed by atoms with Gasteiger partial charge in [0.1, 0.15) is 0 Å². The zero-order valence-corrected chi connectivity index (χ0v) is 15.2. The molecular weight excluding hydrogens is 338 g/mol. The Morgan fingerprint density at radius 3 is 3.28 bits per heavy atom. The largest absolute Gasteiger partial charge is 0.339 e. The summed E-state index contributed by atoms with van der Waals surface area (Å²) in [5.74, 6) is 1.42. The fourth-order valence-corrected chi connectivity index (χ4v) is 4.32. The lowest BCUT2D eigenvalue weighted by Crippen LogP contribution is -2.44. The third-order valence-corrected chi connectivity index (χ3v) is 6.03. The monoisotopic (exact) mass is 361 g/mol. The lowest BCUT2D eigenvalue weighted by molar-refractivity contribution is -0.132. The zero-order valence-electron chi connectivity index (χ0n) is 14.4. The molecule has 25 heavy (non-hydrogen) atoms. The van der Waals surface area contributed by atoms with Crippen molar-refractivity contribution < 1.29 is 9.32 Å². The summed E-state index contributed by atoms with van der Waals surface area (Å²) in [6.07, 6.45) is 1.88. The molecule has 1 saturated heterocycles. The van der Waals surface area contributed by atoms with Crippen molar-refractivity contribution in [2.75, 3.05) is 33.2 Å². The van der Waals surface area contributed by atoms with Crippen molar-refractivity contribution in [3.8, 4) is 0 Å². The van der Waals surface area contributed by atoms with Gasteiger partial charge in [-0.05, 0) is 30.5 Å². The minimum absolute atomic E-state index is 0.140. The topological polar surface area (TPSA) is 74.5 Å². The fraction of sp³-hybridized carbons (Fsp3) is 0.588. The summed E-state index contributed by atoms with van der Waals surface area (Å²) in [5.41, 5.74) is 1.29. The SMILES string of the molecule is CN1CCNCC1c1noc(CCC(=O)N2CCc3sccc3C2)n1. The van der Waals surface area contributed by atoms with Crippen molar-refractivity contribution in [3.63, 3.8) is 0 Å². The van der Waals surface area contributed by atoms with Crippen LogP contribution in [-0.2, 0) is 24.2 Å². The van der Waals surface area contributed by atoms with Crippen LogP contribution in [-0.4, -0.2) is 59.1 Å². The Hall–Kier alpha value is -1.77. The van der Waals surface area contributed by atoms with Gasteiger partial charge in [-0.15, -0.1) is 11.3 Å². The second-order valence-electron chi connectivity index (χ2n) is 6.68. The summed E-state index contributed by atoms with van der Waals surface area (Å²) in [5, 5.41) is 9.57. The molecule has 0 radical (unpaired) electrons. The lowest BCUT2D eigenvalue weighted by atomic mass is 10.1. The standard InChI is InChI=1S/C17H23N5O2S/c1-21-8-6-18-10-13(21)17-19-15(24-20-17)2-3-16(23)22-7-4-14-12(11-22)5-9-25-14/h5,9,13,18H,2-4,6-8,10-11H2,1H3. The number of piperazine rings is 1. The average Bonchev–Trinajstić information content (AvgIpc) is 3.28. The number of carbonyl (C=O) groups is 1. The van der Waals surface area contributed by atoms with Gasteiger partial charge in [-0.3, -0.25) is 9.69 Å². The summed E-state index contributed by atoms with van der Waals surface area (Å²) in [7, 11) is 2.07. The first-order chi connectivity index (χ1) is 12.2. The summed E-state index contributed by atoms with van der Waals surface area (Å²) < 4.78 is 5.36. The summed E-state index contributed by atoms with van der Waals surface area (Å²) in [4.78, 5) is 22.6. The summed E-state index contributed by atoms with van der Waals surface area (Å²) >= 11 is 1.79. The van der Waals surface area contributed by atoms with E-state index in [0.29, 0.717) is 24.6 Å². The Bertz CT molecular complexity index is 743. The van der Waals surface area contributed by atoms with Crippen LogP contribution in [0.3, 0.4) is 0 Å². The number of aromatic nitrogens is 2. The molecule has 0 spiro atoms. The van der Waals surface area contributed by atoms with Crippen LogP contribution in [0.4, 0.5) is 0 Å². The van der Waals surface area contributed by atoms with Crippen LogP contribution in [0, 0.1) is 0 Å². The Labute approximate surface area is 151 Å². The number of aryl methyl sites for hydroxylation is 1. The van der Waals surface area contributed by atoms with Gasteiger partial charge in [-0.2, -0.15) is 4.98 Å². The molecule has 0 bridgehead atoms. The Morgan fingerprint density at radius 1 is 1.48 bits per heavy atom. The van der Waals surface area contributed by atoms with E-state index < -0.39 is 0 Å². The van der Waals surface area contributed by atoms with Gasteiger partial charge >= 0.3 is 0 Å². The molecule has 7 nitrogen and oxygen atoms in total. The highest BCUT2D eigenvalue weighted by Gasteiger charge is 2.26. The average molecular weight is 361 g/mol. The highest BCUT2D eigenvalue weighted by atomic mass is 32.1. The first-order valence-electron chi connectivity index (χ1n) is 8.77. The van der Waals surface area contributed by atoms with E-state index in [0.717, 1.165) is 39.1 Å². The third kappa shape index (κ3) is 3.61. The van der Waals surface area contributed by atoms with Crippen LogP contribution in [0.1, 0.15) is 34.6 Å². The second kappa shape index (κ2) is 7.23. The molecule has 8 heteroatoms. The molecule has 0 saturated carbocycles. The molecule has 1 N–H and O–H groups in total. The lowest BCUT2D eigenvalue weighted by Gasteiger charge is -2.30. The van der Waals surface area contributed by atoms with Gasteiger partial charge in [0.05, 0.1) is 6.04 Å². The van der Waals surface area contributed by atoms with E-state index >= 15 is 0 Å². The van der Waals surface area contributed by atoms with Crippen molar-refractivity contribution >= 4 is 17.2 Å². The van der Waals surface area contributed by atoms with Crippen LogP contribution >= 0.6 is 11.3 Å². The molecule has 2 aliphatic heterocycles. The van der Waals surface area contributed by atoms with Crippen molar-refractivity contribution in [3.05, 3.63) is 33.6 Å². The number of nitrogens with one attached hydrogen (secondary N) is 1. The predicted molar refractivity (Wildman–Crippen MR) is 94.3 cm³/mol. The molecule has 1 unspecified atom stereocenters. The van der Waals surface area contributed by atoms with E-state index in [2.05, 4.69) is 38.9 Å². The molecule has 0 aliphatic carbocycles. The van der Waals surface area contributed by atoms with Crippen molar-refractivity contribution in [2.24, 2.45) is 0 Å². The van der Waals surface area contributed by atoms with Gasteiger partial charge in [-0.25, -0.2) is 0 Å². The minimum atomic E-state index is 0.140. The molecule has 4 rings (SSSR count). The normalized spacial score (nSPS) is 21.3. The molecule has 2 aromatic heterocycles. The number of rotatable bonds is 4. The van der Waals surface area contributed by atoms with Gasteiger partial charge in [0.15, 0.2) is 5.82 Å². The zero-order chi connectivity index (χ0) is 17.2. The molecule has 4 heterocycles. The van der Waals surface area contributed by atoms with E-state index in [4.69, 9.17) is 4.52 Å². The Kier molecular flexibility index (Phi) is 4.82. The number of likely N-dealkylation sites (N-methyl/N-ethyl adjacent to an activating group) is 1. The molecule has 1 amide bonds. The number of thiophene rings is 1. The second-order valence-corrected chi connectivity index (χ2v) is 7.68. The van der Waals surface area contributed by atoms with E-state index in [1.165, 1.54) is 10.4 Å². The Balaban J connectivity index is 1.32. The summed E-state index contributed by atoms with van der Waals surface area (Å²) in [6.45, 7) is 4.30. The van der Waals surface area contributed by atoms with Gasteiger partial charge in [0.2, 0.25) is 11.8 Å². The molecule has 0 aromatic carbocycles. The highest BCUT2D eigenvalue weighted by Crippen LogP contribution is 2.24. The van der Waals surface area contributed by atoms with Crippen LogP contribution in [0.15, 0.2) is 16.0 Å². The van der Waals surface area contributed by atoms with E-state index in [9.17, 15) is 4.79 Å². The highest BCUT2D eigenvalue weighted by molar-refractivity contribution is 7.10. The van der Waals surface area contributed by atoms with Gasteiger partial charge in [0.25, 0.3) is 0 Å². The van der Waals surface area contributed by atoms with Crippen molar-refractivity contribution in [1.82, 2.24) is 25.3 Å². The molecule has 1 fully saturated rings. The first kappa shape index (κ1) is 16.7. The maximum Gasteiger partial charge on any atom is 0.227 e. The number of fused-ring (bicyclic) bond motifs is 1. The predicted octanol–water partition coefficient (Wildman–Crippen LogP) is 1.22. The first-order valence-corrected chi connectivity index (χ1v) is 9.65. The fourth-order valence-electron chi connectivity index (χ4n) is 3.43. The number of carbonyl (C=O) groups excluding carboxylic acids is 1. The van der Waals surface area contributed by atoms with Gasteiger partial charge in [0, 0.05) is 50.4 Å². The number of nitrogens with zero attached hydrogens (tertiary/aromatic N) is 4. The number of hydrogen-bond donors (Lipinski definition) is 1. The van der Waals surface area contributed by atoms with E-state index in [1.54, 1.807) is 11.3 Å². The molecule has 134 valence electrons. The van der Waals surface area contributed by atoms with E-state index in [1.807, 2.05) is 4.90 Å². The molecule has 2 aromatic rings. The number of hydrogen-bond acceptors (Lipinski definition) is 7. The van der Waals surface area contributed by atoms with Crippen LogP contribution in [0.5, 0.6) is 0 Å². The van der Waals surface area contributed by atoms with Crippen LogP contribution in [0.25, 0.3) is 0 Å². The molecular formula is C17H23N5O2S.